The smallest absolute Gasteiger partial charge is 0.257 e. The quantitative estimate of drug-likeness (QED) is 0.775. The predicted octanol–water partition coefficient (Wildman–Crippen LogP) is 1.74. The lowest BCUT2D eigenvalue weighted by Crippen LogP contribution is -2.15. The highest BCUT2D eigenvalue weighted by atomic mass is 16.1. The van der Waals surface area contributed by atoms with Crippen LogP contribution in [0.5, 0.6) is 0 Å². The Morgan fingerprint density at radius 2 is 2.10 bits per heavy atom. The van der Waals surface area contributed by atoms with Crippen molar-refractivity contribution in [3.05, 3.63) is 64.1 Å². The van der Waals surface area contributed by atoms with Gasteiger partial charge in [0.1, 0.15) is 0 Å². The van der Waals surface area contributed by atoms with Crippen LogP contribution in [0.3, 0.4) is 0 Å². The number of rotatable bonds is 5. The number of pyridine rings is 1. The van der Waals surface area contributed by atoms with Crippen LogP contribution >= 0.6 is 0 Å². The van der Waals surface area contributed by atoms with Gasteiger partial charge in [-0.3, -0.25) is 9.59 Å². The van der Waals surface area contributed by atoms with Gasteiger partial charge in [0.05, 0.1) is 5.56 Å². The lowest BCUT2D eigenvalue weighted by Gasteiger charge is -2.07. The summed E-state index contributed by atoms with van der Waals surface area (Å²) in [5.41, 5.74) is 2.03. The molecule has 0 atom stereocenters. The Hall–Kier alpha value is -2.40. The van der Waals surface area contributed by atoms with E-state index in [1.54, 1.807) is 0 Å². The van der Waals surface area contributed by atoms with Crippen molar-refractivity contribution < 1.29 is 4.79 Å². The number of benzene rings is 1. The third-order valence-corrected chi connectivity index (χ3v) is 2.81. The largest absolute Gasteiger partial charge is 0.328 e. The minimum Gasteiger partial charge on any atom is -0.328 e. The lowest BCUT2D eigenvalue weighted by atomic mass is 10.2. The number of nitrogens with one attached hydrogen (secondary N) is 3. The maximum absolute atomic E-state index is 12.0. The number of anilines is 1. The average Bonchev–Trinajstić information content (AvgIpc) is 2.46. The van der Waals surface area contributed by atoms with Gasteiger partial charge >= 0.3 is 0 Å². The molecule has 0 fully saturated rings. The third kappa shape index (κ3) is 3.80. The number of aromatic amines is 1. The Balaban J connectivity index is 2.07. The normalized spacial score (nSPS) is 10.2. The lowest BCUT2D eigenvalue weighted by molar-refractivity contribution is 0.102. The van der Waals surface area contributed by atoms with E-state index in [1.807, 2.05) is 31.2 Å². The average molecular weight is 271 g/mol. The van der Waals surface area contributed by atoms with Gasteiger partial charge in [-0.05, 0) is 30.3 Å². The zero-order chi connectivity index (χ0) is 14.4. The molecule has 3 N–H and O–H groups in total. The molecule has 104 valence electrons. The molecule has 0 aliphatic rings. The molecule has 2 rings (SSSR count). The fraction of sp³-hybridized carbons (Fsp3) is 0.200. The number of carbonyl (C=O) groups excluding carboxylic acids is 1. The first-order chi connectivity index (χ1) is 9.69. The Kier molecular flexibility index (Phi) is 4.68. The summed E-state index contributed by atoms with van der Waals surface area (Å²) in [6, 6.07) is 10.5. The molecule has 0 spiro atoms. The van der Waals surface area contributed by atoms with Gasteiger partial charge in [0, 0.05) is 24.5 Å². The second-order valence-corrected chi connectivity index (χ2v) is 4.38. The Bertz CT molecular complexity index is 629. The molecule has 1 amide bonds. The highest BCUT2D eigenvalue weighted by Gasteiger charge is 2.06. The zero-order valence-corrected chi connectivity index (χ0v) is 11.3. The number of amides is 1. The van der Waals surface area contributed by atoms with Crippen molar-refractivity contribution in [2.24, 2.45) is 0 Å². The summed E-state index contributed by atoms with van der Waals surface area (Å²) in [6.07, 6.45) is 1.40. The van der Waals surface area contributed by atoms with Crippen LogP contribution in [0.4, 0.5) is 5.69 Å². The maximum atomic E-state index is 12.0. The maximum Gasteiger partial charge on any atom is 0.257 e. The van der Waals surface area contributed by atoms with Gasteiger partial charge in [0.2, 0.25) is 5.56 Å². The fourth-order valence-corrected chi connectivity index (χ4v) is 1.78. The van der Waals surface area contributed by atoms with Crippen molar-refractivity contribution in [3.63, 3.8) is 0 Å². The SMILES string of the molecule is CCNCc1cccc(NC(=O)c2ccc(=O)[nH]c2)c1. The molecule has 1 heterocycles. The molecule has 20 heavy (non-hydrogen) atoms. The second-order valence-electron chi connectivity index (χ2n) is 4.38. The van der Waals surface area contributed by atoms with Crippen LogP contribution in [-0.2, 0) is 6.54 Å². The molecule has 5 nitrogen and oxygen atoms in total. The number of hydrogen-bond acceptors (Lipinski definition) is 3. The summed E-state index contributed by atoms with van der Waals surface area (Å²) in [5, 5.41) is 6.04. The van der Waals surface area contributed by atoms with E-state index >= 15 is 0 Å². The molecule has 0 aliphatic heterocycles. The first kappa shape index (κ1) is 14.0. The molecule has 1 aromatic carbocycles. The monoisotopic (exact) mass is 271 g/mol. The minimum absolute atomic E-state index is 0.228. The van der Waals surface area contributed by atoms with Crippen molar-refractivity contribution in [1.82, 2.24) is 10.3 Å². The van der Waals surface area contributed by atoms with Crippen LogP contribution in [0, 0.1) is 0 Å². The van der Waals surface area contributed by atoms with Crippen LogP contribution in [-0.4, -0.2) is 17.4 Å². The summed E-state index contributed by atoms with van der Waals surface area (Å²) in [7, 11) is 0. The summed E-state index contributed by atoms with van der Waals surface area (Å²) in [5.74, 6) is -0.248. The van der Waals surface area contributed by atoms with Crippen molar-refractivity contribution in [3.8, 4) is 0 Å². The first-order valence-electron chi connectivity index (χ1n) is 6.49. The van der Waals surface area contributed by atoms with Crippen molar-refractivity contribution in [2.45, 2.75) is 13.5 Å². The van der Waals surface area contributed by atoms with Gasteiger partial charge in [0.25, 0.3) is 5.91 Å². The summed E-state index contributed by atoms with van der Waals surface area (Å²) < 4.78 is 0. The topological polar surface area (TPSA) is 74.0 Å². The van der Waals surface area contributed by atoms with Gasteiger partial charge < -0.3 is 15.6 Å². The van der Waals surface area contributed by atoms with Crippen molar-refractivity contribution in [1.29, 1.82) is 0 Å². The standard InChI is InChI=1S/C15H17N3O2/c1-2-16-9-11-4-3-5-13(8-11)18-15(20)12-6-7-14(19)17-10-12/h3-8,10,16H,2,9H2,1H3,(H,17,19)(H,18,20). The van der Waals surface area contributed by atoms with E-state index in [9.17, 15) is 9.59 Å². The van der Waals surface area contributed by atoms with Crippen molar-refractivity contribution >= 4 is 11.6 Å². The molecule has 1 aromatic heterocycles. The molecule has 0 aliphatic carbocycles. The Morgan fingerprint density at radius 1 is 1.25 bits per heavy atom. The highest BCUT2D eigenvalue weighted by Crippen LogP contribution is 2.11. The summed E-state index contributed by atoms with van der Waals surface area (Å²) >= 11 is 0. The predicted molar refractivity (Wildman–Crippen MR) is 78.8 cm³/mol. The van der Waals surface area contributed by atoms with E-state index in [2.05, 4.69) is 15.6 Å². The molecule has 5 heteroatoms. The number of H-pyrrole nitrogens is 1. The number of aromatic nitrogens is 1. The summed E-state index contributed by atoms with van der Waals surface area (Å²) in [6.45, 7) is 3.70. The second kappa shape index (κ2) is 6.68. The zero-order valence-electron chi connectivity index (χ0n) is 11.3. The van der Waals surface area contributed by atoms with Crippen LogP contribution in [0.2, 0.25) is 0 Å². The van der Waals surface area contributed by atoms with E-state index in [4.69, 9.17) is 0 Å². The third-order valence-electron chi connectivity index (χ3n) is 2.81. The van der Waals surface area contributed by atoms with Crippen LogP contribution in [0.15, 0.2) is 47.4 Å². The molecule has 0 unspecified atom stereocenters. The van der Waals surface area contributed by atoms with E-state index in [0.717, 1.165) is 24.3 Å². The van der Waals surface area contributed by atoms with Gasteiger partial charge in [-0.2, -0.15) is 0 Å². The van der Waals surface area contributed by atoms with Gasteiger partial charge in [-0.15, -0.1) is 0 Å². The van der Waals surface area contributed by atoms with Gasteiger partial charge in [0.15, 0.2) is 0 Å². The van der Waals surface area contributed by atoms with Gasteiger partial charge in [-0.25, -0.2) is 0 Å². The molecular weight excluding hydrogens is 254 g/mol. The van der Waals surface area contributed by atoms with Crippen LogP contribution < -0.4 is 16.2 Å². The molecule has 0 saturated heterocycles. The Labute approximate surface area is 117 Å². The van der Waals surface area contributed by atoms with Gasteiger partial charge in [-0.1, -0.05) is 19.1 Å². The first-order valence-corrected chi connectivity index (χ1v) is 6.49. The minimum atomic E-state index is -0.248. The van der Waals surface area contributed by atoms with Crippen molar-refractivity contribution in [2.75, 3.05) is 11.9 Å². The van der Waals surface area contributed by atoms with E-state index in [1.165, 1.54) is 18.3 Å². The highest BCUT2D eigenvalue weighted by molar-refractivity contribution is 6.04. The number of hydrogen-bond donors (Lipinski definition) is 3. The molecule has 0 bridgehead atoms. The van der Waals surface area contributed by atoms with Crippen LogP contribution in [0.1, 0.15) is 22.8 Å². The molecule has 0 saturated carbocycles. The van der Waals surface area contributed by atoms with E-state index in [0.29, 0.717) is 5.56 Å². The fourth-order valence-electron chi connectivity index (χ4n) is 1.78. The molecular formula is C15H17N3O2. The van der Waals surface area contributed by atoms with E-state index in [-0.39, 0.29) is 11.5 Å². The van der Waals surface area contributed by atoms with Crippen LogP contribution in [0.25, 0.3) is 0 Å². The Morgan fingerprint density at radius 3 is 2.80 bits per heavy atom. The van der Waals surface area contributed by atoms with E-state index < -0.39 is 0 Å². The molecule has 2 aromatic rings. The summed E-state index contributed by atoms with van der Waals surface area (Å²) in [4.78, 5) is 25.4. The molecule has 0 radical (unpaired) electrons. The number of carbonyl (C=O) groups is 1.